The van der Waals surface area contributed by atoms with Crippen molar-refractivity contribution in [3.05, 3.63) is 30.3 Å². The summed E-state index contributed by atoms with van der Waals surface area (Å²) in [6.45, 7) is 4.17. The van der Waals surface area contributed by atoms with Crippen LogP contribution < -0.4 is 0 Å². The third-order valence-corrected chi connectivity index (χ3v) is 5.67. The van der Waals surface area contributed by atoms with E-state index in [9.17, 15) is 23.4 Å². The molecule has 0 amide bonds. The van der Waals surface area contributed by atoms with Crippen LogP contribution in [-0.4, -0.2) is 64.5 Å². The summed E-state index contributed by atoms with van der Waals surface area (Å²) in [5.74, 6) is -2.86. The second kappa shape index (κ2) is 11.0. The summed E-state index contributed by atoms with van der Waals surface area (Å²) in [4.78, 5) is 47.0. The number of hydrogen-bond donors (Lipinski definition) is 0. The van der Waals surface area contributed by atoms with Crippen LogP contribution in [0.25, 0.3) is 0 Å². The van der Waals surface area contributed by atoms with E-state index in [1.54, 1.807) is 30.3 Å². The first kappa shape index (κ1) is 24.5. The quantitative estimate of drug-likeness (QED) is 0.430. The summed E-state index contributed by atoms with van der Waals surface area (Å²) in [5, 5.41) is 0. The molecule has 0 aromatic heterocycles. The van der Waals surface area contributed by atoms with Gasteiger partial charge in [0, 0.05) is 32.6 Å². The molecule has 1 unspecified atom stereocenters. The number of benzene rings is 1. The van der Waals surface area contributed by atoms with Gasteiger partial charge < -0.3 is 23.7 Å². The molecule has 2 rings (SSSR count). The van der Waals surface area contributed by atoms with Crippen LogP contribution >= 0.6 is 0 Å². The zero-order chi connectivity index (χ0) is 23.1. The molecule has 6 atom stereocenters. The number of rotatable bonds is 7. The van der Waals surface area contributed by atoms with Gasteiger partial charge in [-0.25, -0.2) is 0 Å². The van der Waals surface area contributed by atoms with E-state index in [4.69, 9.17) is 23.7 Å². The van der Waals surface area contributed by atoms with Gasteiger partial charge in [-0.05, 0) is 12.1 Å². The highest BCUT2D eigenvalue weighted by atomic mass is 32.2. The minimum absolute atomic E-state index is 0.364. The van der Waals surface area contributed by atoms with Gasteiger partial charge in [0.2, 0.25) is 0 Å². The summed E-state index contributed by atoms with van der Waals surface area (Å²) in [5.41, 5.74) is -1.30. The molecule has 1 heterocycles. The molecule has 0 bridgehead atoms. The van der Waals surface area contributed by atoms with Gasteiger partial charge in [-0.3, -0.25) is 23.4 Å². The minimum Gasteiger partial charge on any atom is -0.463 e. The molecule has 0 radical (unpaired) electrons. The fourth-order valence-corrected chi connectivity index (χ4v) is 4.44. The van der Waals surface area contributed by atoms with Crippen LogP contribution in [0.4, 0.5) is 0 Å². The van der Waals surface area contributed by atoms with Crippen molar-refractivity contribution in [2.45, 2.75) is 62.4 Å². The normalized spacial score (nSPS) is 26.3. The van der Waals surface area contributed by atoms with E-state index in [1.165, 1.54) is 6.92 Å². The number of hydrogen-bond acceptors (Lipinski definition) is 10. The first-order valence-corrected chi connectivity index (χ1v) is 10.6. The smallest absolute Gasteiger partial charge is 0.303 e. The highest BCUT2D eigenvalue weighted by Crippen LogP contribution is 2.32. The molecule has 11 heteroatoms. The van der Waals surface area contributed by atoms with Crippen molar-refractivity contribution in [1.82, 2.24) is 0 Å². The van der Waals surface area contributed by atoms with Crippen LogP contribution in [0.5, 0.6) is 0 Å². The van der Waals surface area contributed by atoms with Gasteiger partial charge in [-0.1, -0.05) is 18.2 Å². The van der Waals surface area contributed by atoms with Crippen LogP contribution in [-0.2, 0) is 53.7 Å². The standard InChI is InChI=1S/C20H24O10S/c1-11(21)26-10-16-17(27-12(2)22)18(28-13(3)23)19(29-14(4)24)20(30-16)31(25)15-8-6-5-7-9-15/h5-9,16-20H,10H2,1-4H3/t16-,17-,18+,19-,20+,31?/m1/s1. The molecule has 1 saturated heterocycles. The average molecular weight is 456 g/mol. The van der Waals surface area contributed by atoms with Crippen LogP contribution in [0.15, 0.2) is 35.2 Å². The summed E-state index contributed by atoms with van der Waals surface area (Å²) >= 11 is 0. The van der Waals surface area contributed by atoms with Crippen molar-refractivity contribution in [3.8, 4) is 0 Å². The van der Waals surface area contributed by atoms with Gasteiger partial charge in [0.05, 0.1) is 10.8 Å². The molecule has 1 aliphatic rings. The second-order valence-corrected chi connectivity index (χ2v) is 8.21. The van der Waals surface area contributed by atoms with Gasteiger partial charge in [0.15, 0.2) is 23.7 Å². The van der Waals surface area contributed by atoms with E-state index < -0.39 is 64.5 Å². The number of carbonyl (C=O) groups excluding carboxylic acids is 4. The predicted octanol–water partition coefficient (Wildman–Crippen LogP) is 0.877. The fraction of sp³-hybridized carbons (Fsp3) is 0.500. The summed E-state index contributed by atoms with van der Waals surface area (Å²) in [6, 6.07) is 8.24. The van der Waals surface area contributed by atoms with E-state index in [-0.39, 0.29) is 6.61 Å². The van der Waals surface area contributed by atoms with Crippen LogP contribution in [0, 0.1) is 0 Å². The van der Waals surface area contributed by atoms with Crippen molar-refractivity contribution >= 4 is 34.7 Å². The highest BCUT2D eigenvalue weighted by molar-refractivity contribution is 7.85. The molecule has 0 saturated carbocycles. The minimum atomic E-state index is -1.89. The van der Waals surface area contributed by atoms with E-state index in [0.717, 1.165) is 20.8 Å². The monoisotopic (exact) mass is 456 g/mol. The lowest BCUT2D eigenvalue weighted by molar-refractivity contribution is -0.238. The molecule has 1 fully saturated rings. The molecule has 0 spiro atoms. The van der Waals surface area contributed by atoms with E-state index in [2.05, 4.69) is 0 Å². The average Bonchev–Trinajstić information content (AvgIpc) is 2.68. The van der Waals surface area contributed by atoms with E-state index in [1.807, 2.05) is 0 Å². The third kappa shape index (κ3) is 6.86. The molecule has 0 N–H and O–H groups in total. The Bertz CT molecular complexity index is 840. The Morgan fingerprint density at radius 1 is 0.806 bits per heavy atom. The zero-order valence-electron chi connectivity index (χ0n) is 17.5. The Morgan fingerprint density at radius 2 is 1.32 bits per heavy atom. The molecular formula is C20H24O10S. The van der Waals surface area contributed by atoms with Crippen molar-refractivity contribution in [2.75, 3.05) is 6.61 Å². The SMILES string of the molecule is CC(=O)OC[C@H]1O[C@@H](S(=O)c2ccccc2)[C@H](OC(C)=O)[C@@H](OC(C)=O)[C@@H]1OC(C)=O. The van der Waals surface area contributed by atoms with E-state index >= 15 is 0 Å². The Labute approximate surface area is 181 Å². The van der Waals surface area contributed by atoms with Crippen LogP contribution in [0.1, 0.15) is 27.7 Å². The van der Waals surface area contributed by atoms with Crippen LogP contribution in [0.3, 0.4) is 0 Å². The molecule has 1 aromatic rings. The Morgan fingerprint density at radius 3 is 1.84 bits per heavy atom. The Balaban J connectivity index is 2.51. The third-order valence-electron chi connectivity index (χ3n) is 4.13. The molecule has 10 nitrogen and oxygen atoms in total. The summed E-state index contributed by atoms with van der Waals surface area (Å²) in [6.07, 6.45) is -5.13. The molecule has 31 heavy (non-hydrogen) atoms. The number of carbonyl (C=O) groups is 4. The fourth-order valence-electron chi connectivity index (χ4n) is 3.05. The maximum atomic E-state index is 13.3. The highest BCUT2D eigenvalue weighted by Gasteiger charge is 2.54. The molecule has 1 aliphatic heterocycles. The largest absolute Gasteiger partial charge is 0.463 e. The lowest BCUT2D eigenvalue weighted by Gasteiger charge is -2.43. The van der Waals surface area contributed by atoms with Crippen molar-refractivity contribution < 1.29 is 47.1 Å². The predicted molar refractivity (Wildman–Crippen MR) is 105 cm³/mol. The first-order chi connectivity index (χ1) is 14.6. The van der Waals surface area contributed by atoms with Gasteiger partial charge >= 0.3 is 23.9 Å². The first-order valence-electron chi connectivity index (χ1n) is 9.36. The lowest BCUT2D eigenvalue weighted by atomic mass is 9.99. The molecular weight excluding hydrogens is 432 g/mol. The Hall–Kier alpha value is -2.79. The van der Waals surface area contributed by atoms with Crippen molar-refractivity contribution in [2.24, 2.45) is 0 Å². The second-order valence-electron chi connectivity index (χ2n) is 6.68. The van der Waals surface area contributed by atoms with E-state index in [0.29, 0.717) is 4.90 Å². The Kier molecular flexibility index (Phi) is 8.69. The summed E-state index contributed by atoms with van der Waals surface area (Å²) < 4.78 is 40.0. The van der Waals surface area contributed by atoms with Gasteiger partial charge in [-0.2, -0.15) is 0 Å². The topological polar surface area (TPSA) is 132 Å². The molecule has 1 aromatic carbocycles. The van der Waals surface area contributed by atoms with Crippen LogP contribution in [0.2, 0.25) is 0 Å². The summed E-state index contributed by atoms with van der Waals surface area (Å²) in [7, 11) is -1.89. The van der Waals surface area contributed by atoms with Crippen molar-refractivity contribution in [3.63, 3.8) is 0 Å². The zero-order valence-corrected chi connectivity index (χ0v) is 18.3. The number of ether oxygens (including phenoxy) is 5. The lowest BCUT2D eigenvalue weighted by Crippen LogP contribution is -2.63. The molecule has 0 aliphatic carbocycles. The molecule has 170 valence electrons. The maximum absolute atomic E-state index is 13.3. The van der Waals surface area contributed by atoms with Crippen molar-refractivity contribution in [1.29, 1.82) is 0 Å². The van der Waals surface area contributed by atoms with Gasteiger partial charge in [0.25, 0.3) is 0 Å². The van der Waals surface area contributed by atoms with Gasteiger partial charge in [0.1, 0.15) is 12.7 Å². The number of esters is 4. The van der Waals surface area contributed by atoms with Gasteiger partial charge in [-0.15, -0.1) is 0 Å². The maximum Gasteiger partial charge on any atom is 0.303 e.